The van der Waals surface area contributed by atoms with Crippen LogP contribution in [0.5, 0.6) is 0 Å². The zero-order valence-corrected chi connectivity index (χ0v) is 9.62. The van der Waals surface area contributed by atoms with E-state index < -0.39 is 6.04 Å². The molecule has 0 aromatic heterocycles. The fourth-order valence-corrected chi connectivity index (χ4v) is 1.19. The molecule has 1 rings (SSSR count). The molecule has 0 radical (unpaired) electrons. The normalized spacial score (nSPS) is 11.6. The molecule has 0 saturated heterocycles. The van der Waals surface area contributed by atoms with Crippen LogP contribution in [0.25, 0.3) is 0 Å². The quantitative estimate of drug-likeness (QED) is 0.781. The second-order valence-corrected chi connectivity index (χ2v) is 3.55. The third kappa shape index (κ3) is 3.90. The van der Waals surface area contributed by atoms with Crippen molar-refractivity contribution in [3.63, 3.8) is 0 Å². The summed E-state index contributed by atoms with van der Waals surface area (Å²) in [5, 5.41) is 5.14. The Bertz CT molecular complexity index is 368. The first kappa shape index (κ1) is 12.5. The van der Waals surface area contributed by atoms with Crippen LogP contribution in [0.3, 0.4) is 0 Å². The zero-order valence-electron chi connectivity index (χ0n) is 8.87. The van der Waals surface area contributed by atoms with Gasteiger partial charge in [0.05, 0.1) is 0 Å². The summed E-state index contributed by atoms with van der Waals surface area (Å²) in [4.78, 5) is 22.6. The highest BCUT2D eigenvalue weighted by Crippen LogP contribution is 2.05. The van der Waals surface area contributed by atoms with E-state index in [1.165, 1.54) is 0 Å². The van der Waals surface area contributed by atoms with Crippen molar-refractivity contribution in [1.29, 1.82) is 0 Å². The Morgan fingerprint density at radius 3 is 2.50 bits per heavy atom. The molecule has 1 atom stereocenters. The highest BCUT2D eigenvalue weighted by molar-refractivity contribution is 6.27. The van der Waals surface area contributed by atoms with Crippen LogP contribution in [0.15, 0.2) is 30.3 Å². The smallest absolute Gasteiger partial charge is 0.246 e. The van der Waals surface area contributed by atoms with E-state index in [1.807, 2.05) is 18.2 Å². The number of hydrogen-bond acceptors (Lipinski definition) is 2. The molecule has 1 aromatic rings. The van der Waals surface area contributed by atoms with Gasteiger partial charge in [-0.2, -0.15) is 0 Å². The standard InChI is InChI=1S/C11H13ClN2O2/c1-8(13-10(15)7-12)11(16)14-9-5-3-2-4-6-9/h2-6,8H,7H2,1H3,(H,13,15)(H,14,16)/t8-/m0/s1. The lowest BCUT2D eigenvalue weighted by atomic mass is 10.2. The van der Waals surface area contributed by atoms with Crippen LogP contribution in [0.2, 0.25) is 0 Å². The van der Waals surface area contributed by atoms with Crippen LogP contribution >= 0.6 is 11.6 Å². The zero-order chi connectivity index (χ0) is 12.0. The monoisotopic (exact) mass is 240 g/mol. The number of hydrogen-bond donors (Lipinski definition) is 2. The minimum absolute atomic E-state index is 0.150. The number of para-hydroxylation sites is 1. The van der Waals surface area contributed by atoms with Gasteiger partial charge in [0.2, 0.25) is 11.8 Å². The largest absolute Gasteiger partial charge is 0.344 e. The van der Waals surface area contributed by atoms with Crippen LogP contribution in [0.4, 0.5) is 5.69 Å². The second kappa shape index (κ2) is 6.12. The van der Waals surface area contributed by atoms with Gasteiger partial charge in [0.1, 0.15) is 11.9 Å². The highest BCUT2D eigenvalue weighted by Gasteiger charge is 2.14. The minimum atomic E-state index is -0.605. The maximum absolute atomic E-state index is 11.6. The van der Waals surface area contributed by atoms with Crippen LogP contribution in [-0.2, 0) is 9.59 Å². The molecule has 2 amide bonds. The topological polar surface area (TPSA) is 58.2 Å². The summed E-state index contributed by atoms with van der Waals surface area (Å²) in [5.74, 6) is -0.787. The van der Waals surface area contributed by atoms with Gasteiger partial charge in [-0.3, -0.25) is 9.59 Å². The maximum atomic E-state index is 11.6. The fraction of sp³-hybridized carbons (Fsp3) is 0.273. The molecule has 4 nitrogen and oxygen atoms in total. The first-order valence-corrected chi connectivity index (χ1v) is 5.38. The third-order valence-corrected chi connectivity index (χ3v) is 2.18. The molecule has 0 aliphatic heterocycles. The van der Waals surface area contributed by atoms with Crippen molar-refractivity contribution in [2.45, 2.75) is 13.0 Å². The molecule has 1 aromatic carbocycles. The third-order valence-electron chi connectivity index (χ3n) is 1.93. The van der Waals surface area contributed by atoms with Gasteiger partial charge in [0.25, 0.3) is 0 Å². The maximum Gasteiger partial charge on any atom is 0.246 e. The average molecular weight is 241 g/mol. The molecule has 0 bridgehead atoms. The number of amides is 2. The van der Waals surface area contributed by atoms with Gasteiger partial charge in [-0.1, -0.05) is 18.2 Å². The molecule has 0 unspecified atom stereocenters. The average Bonchev–Trinajstić information content (AvgIpc) is 2.30. The summed E-state index contributed by atoms with van der Waals surface area (Å²) in [5.41, 5.74) is 0.694. The summed E-state index contributed by atoms with van der Waals surface area (Å²) < 4.78 is 0. The predicted octanol–water partition coefficient (Wildman–Crippen LogP) is 1.37. The number of carbonyl (C=O) groups excluding carboxylic acids is 2. The molecular formula is C11H13ClN2O2. The summed E-state index contributed by atoms with van der Waals surface area (Å²) in [7, 11) is 0. The minimum Gasteiger partial charge on any atom is -0.344 e. The van der Waals surface area contributed by atoms with E-state index in [4.69, 9.17) is 11.6 Å². The number of rotatable bonds is 4. The first-order chi connectivity index (χ1) is 7.63. The predicted molar refractivity (Wildman–Crippen MR) is 63.4 cm³/mol. The van der Waals surface area contributed by atoms with Gasteiger partial charge in [-0.15, -0.1) is 11.6 Å². The van der Waals surface area contributed by atoms with Crippen LogP contribution in [-0.4, -0.2) is 23.7 Å². The van der Waals surface area contributed by atoms with E-state index in [9.17, 15) is 9.59 Å². The Hall–Kier alpha value is -1.55. The number of alkyl halides is 1. The second-order valence-electron chi connectivity index (χ2n) is 3.28. The van der Waals surface area contributed by atoms with Crippen molar-refractivity contribution in [2.24, 2.45) is 0 Å². The molecule has 16 heavy (non-hydrogen) atoms. The van der Waals surface area contributed by atoms with Crippen LogP contribution < -0.4 is 10.6 Å². The van der Waals surface area contributed by atoms with Gasteiger partial charge in [0.15, 0.2) is 0 Å². The van der Waals surface area contributed by atoms with Crippen molar-refractivity contribution in [3.8, 4) is 0 Å². The number of carbonyl (C=O) groups is 2. The van der Waals surface area contributed by atoms with Crippen LogP contribution in [0, 0.1) is 0 Å². The molecule has 0 aliphatic carbocycles. The lowest BCUT2D eigenvalue weighted by Gasteiger charge is -2.13. The Morgan fingerprint density at radius 2 is 1.94 bits per heavy atom. The number of halogens is 1. The van der Waals surface area contributed by atoms with Gasteiger partial charge >= 0.3 is 0 Å². The van der Waals surface area contributed by atoms with Gasteiger partial charge in [-0.25, -0.2) is 0 Å². The summed E-state index contributed by atoms with van der Waals surface area (Å²) in [6.45, 7) is 1.60. The Morgan fingerprint density at radius 1 is 1.31 bits per heavy atom. The van der Waals surface area contributed by atoms with Crippen molar-refractivity contribution in [1.82, 2.24) is 5.32 Å². The molecule has 5 heteroatoms. The van der Waals surface area contributed by atoms with Gasteiger partial charge in [0, 0.05) is 5.69 Å². The van der Waals surface area contributed by atoms with E-state index >= 15 is 0 Å². The molecule has 86 valence electrons. The van der Waals surface area contributed by atoms with E-state index in [0.29, 0.717) is 5.69 Å². The van der Waals surface area contributed by atoms with Crippen molar-refractivity contribution >= 4 is 29.1 Å². The Kier molecular flexibility index (Phi) is 4.79. The molecule has 2 N–H and O–H groups in total. The lowest BCUT2D eigenvalue weighted by molar-refractivity contribution is -0.124. The van der Waals surface area contributed by atoms with Crippen molar-refractivity contribution < 1.29 is 9.59 Å². The number of benzene rings is 1. The summed E-state index contributed by atoms with van der Waals surface area (Å²) >= 11 is 5.32. The fourth-order valence-electron chi connectivity index (χ4n) is 1.12. The van der Waals surface area contributed by atoms with Crippen molar-refractivity contribution in [2.75, 3.05) is 11.2 Å². The van der Waals surface area contributed by atoms with E-state index in [1.54, 1.807) is 19.1 Å². The van der Waals surface area contributed by atoms with Crippen LogP contribution in [0.1, 0.15) is 6.92 Å². The molecular weight excluding hydrogens is 228 g/mol. The molecule has 0 saturated carbocycles. The molecule has 0 aliphatic rings. The Labute approximate surface area is 99.0 Å². The van der Waals surface area contributed by atoms with Gasteiger partial charge < -0.3 is 10.6 Å². The number of nitrogens with one attached hydrogen (secondary N) is 2. The Balaban J connectivity index is 2.49. The van der Waals surface area contributed by atoms with Gasteiger partial charge in [-0.05, 0) is 19.1 Å². The molecule has 0 heterocycles. The van der Waals surface area contributed by atoms with E-state index in [-0.39, 0.29) is 17.7 Å². The lowest BCUT2D eigenvalue weighted by Crippen LogP contribution is -2.42. The van der Waals surface area contributed by atoms with E-state index in [0.717, 1.165) is 0 Å². The first-order valence-electron chi connectivity index (χ1n) is 4.84. The number of anilines is 1. The van der Waals surface area contributed by atoms with E-state index in [2.05, 4.69) is 10.6 Å². The summed E-state index contributed by atoms with van der Waals surface area (Å²) in [6.07, 6.45) is 0. The highest BCUT2D eigenvalue weighted by atomic mass is 35.5. The summed E-state index contributed by atoms with van der Waals surface area (Å²) in [6, 6.07) is 8.43. The SMILES string of the molecule is C[C@H](NC(=O)CCl)C(=O)Nc1ccccc1. The van der Waals surface area contributed by atoms with Crippen molar-refractivity contribution in [3.05, 3.63) is 30.3 Å². The molecule has 0 spiro atoms. The molecule has 0 fully saturated rings.